The number of amides is 3. The lowest BCUT2D eigenvalue weighted by molar-refractivity contribution is -0.144. The summed E-state index contributed by atoms with van der Waals surface area (Å²) < 4.78 is 0. The first kappa shape index (κ1) is 28.3. The fraction of sp³-hybridized carbons (Fsp3) is 0.737. The Morgan fingerprint density at radius 3 is 1.94 bits per heavy atom. The van der Waals surface area contributed by atoms with Crippen molar-refractivity contribution in [2.45, 2.75) is 70.5 Å². The van der Waals surface area contributed by atoms with Crippen LogP contribution in [0.1, 0.15) is 52.4 Å². The van der Waals surface area contributed by atoms with E-state index in [4.69, 9.17) is 16.6 Å². The second kappa shape index (κ2) is 15.1. The van der Waals surface area contributed by atoms with Crippen LogP contribution in [-0.2, 0) is 24.0 Å². The van der Waals surface area contributed by atoms with Gasteiger partial charge in [0.1, 0.15) is 18.1 Å². The fourth-order valence-electron chi connectivity index (χ4n) is 2.76. The maximum Gasteiger partial charge on any atom is 0.326 e. The molecule has 0 fully saturated rings. The molecule has 0 spiro atoms. The zero-order valence-corrected chi connectivity index (χ0v) is 18.1. The predicted molar refractivity (Wildman–Crippen MR) is 112 cm³/mol. The summed E-state index contributed by atoms with van der Waals surface area (Å²) >= 11 is 0. The van der Waals surface area contributed by atoms with Crippen molar-refractivity contribution < 1.29 is 34.2 Å². The Bertz CT molecular complexity index is 629. The van der Waals surface area contributed by atoms with Gasteiger partial charge in [-0.1, -0.05) is 20.3 Å². The van der Waals surface area contributed by atoms with E-state index < -0.39 is 54.3 Å². The third kappa shape index (κ3) is 11.3. The minimum absolute atomic E-state index is 0.193. The molecule has 0 aromatic carbocycles. The van der Waals surface area contributed by atoms with Crippen molar-refractivity contribution in [1.82, 2.24) is 16.0 Å². The molecular formula is C19H35N5O7. The predicted octanol–water partition coefficient (Wildman–Crippen LogP) is -1.48. The third-order valence-electron chi connectivity index (χ3n) is 4.84. The monoisotopic (exact) mass is 445 g/mol. The molecule has 31 heavy (non-hydrogen) atoms. The molecule has 4 atom stereocenters. The van der Waals surface area contributed by atoms with Crippen LogP contribution in [0.4, 0.5) is 0 Å². The maximum absolute atomic E-state index is 12.8. The molecule has 0 saturated carbocycles. The highest BCUT2D eigenvalue weighted by molar-refractivity contribution is 5.93. The van der Waals surface area contributed by atoms with E-state index in [1.807, 2.05) is 0 Å². The molecule has 12 heteroatoms. The number of hydrogen-bond donors (Lipinski definition) is 7. The van der Waals surface area contributed by atoms with Gasteiger partial charge in [-0.2, -0.15) is 0 Å². The Balaban J connectivity index is 5.44. The van der Waals surface area contributed by atoms with Crippen molar-refractivity contribution in [3.8, 4) is 0 Å². The number of carbonyl (C=O) groups is 5. The average Bonchev–Trinajstić information content (AvgIpc) is 2.72. The first-order valence-electron chi connectivity index (χ1n) is 10.3. The second-order valence-corrected chi connectivity index (χ2v) is 7.31. The fourth-order valence-corrected chi connectivity index (χ4v) is 2.76. The number of unbranched alkanes of at least 4 members (excludes halogenated alkanes) is 1. The van der Waals surface area contributed by atoms with E-state index in [0.717, 1.165) is 0 Å². The van der Waals surface area contributed by atoms with Crippen molar-refractivity contribution in [2.24, 2.45) is 17.4 Å². The van der Waals surface area contributed by atoms with Crippen molar-refractivity contribution in [2.75, 3.05) is 13.1 Å². The molecule has 0 saturated heterocycles. The van der Waals surface area contributed by atoms with Crippen LogP contribution in [0.3, 0.4) is 0 Å². The summed E-state index contributed by atoms with van der Waals surface area (Å²) in [6, 6.07) is -3.42. The zero-order chi connectivity index (χ0) is 24.0. The molecule has 4 unspecified atom stereocenters. The number of aliphatic carboxylic acids is 2. The molecule has 0 aliphatic rings. The molecule has 9 N–H and O–H groups in total. The topological polar surface area (TPSA) is 214 Å². The normalized spacial score (nSPS) is 14.6. The molecular weight excluding hydrogens is 410 g/mol. The molecule has 0 aliphatic heterocycles. The van der Waals surface area contributed by atoms with Gasteiger partial charge in [-0.25, -0.2) is 4.79 Å². The van der Waals surface area contributed by atoms with E-state index >= 15 is 0 Å². The lowest BCUT2D eigenvalue weighted by Gasteiger charge is -2.26. The van der Waals surface area contributed by atoms with E-state index in [2.05, 4.69) is 16.0 Å². The molecule has 0 bridgehead atoms. The molecule has 12 nitrogen and oxygen atoms in total. The van der Waals surface area contributed by atoms with Crippen LogP contribution < -0.4 is 27.4 Å². The number of carbonyl (C=O) groups excluding carboxylic acids is 3. The highest BCUT2D eigenvalue weighted by Crippen LogP contribution is 2.10. The summed E-state index contributed by atoms with van der Waals surface area (Å²) in [5, 5.41) is 25.6. The average molecular weight is 446 g/mol. The minimum Gasteiger partial charge on any atom is -0.481 e. The van der Waals surface area contributed by atoms with Gasteiger partial charge in [0.15, 0.2) is 0 Å². The molecule has 178 valence electrons. The third-order valence-corrected chi connectivity index (χ3v) is 4.84. The summed E-state index contributed by atoms with van der Waals surface area (Å²) in [7, 11) is 0. The number of nitrogens with one attached hydrogen (secondary N) is 3. The van der Waals surface area contributed by atoms with E-state index in [9.17, 15) is 29.1 Å². The van der Waals surface area contributed by atoms with Gasteiger partial charge >= 0.3 is 11.9 Å². The maximum atomic E-state index is 12.8. The Hall–Kier alpha value is -2.73. The van der Waals surface area contributed by atoms with Crippen molar-refractivity contribution in [3.05, 3.63) is 0 Å². The number of rotatable bonds is 16. The second-order valence-electron chi connectivity index (χ2n) is 7.31. The van der Waals surface area contributed by atoms with E-state index in [1.54, 1.807) is 13.8 Å². The lowest BCUT2D eigenvalue weighted by atomic mass is 9.98. The number of nitrogens with two attached hydrogens (primary N) is 2. The van der Waals surface area contributed by atoms with Crippen LogP contribution in [0.2, 0.25) is 0 Å². The number of hydrogen-bond acceptors (Lipinski definition) is 7. The Morgan fingerprint density at radius 2 is 1.45 bits per heavy atom. The lowest BCUT2D eigenvalue weighted by Crippen LogP contribution is -2.57. The highest BCUT2D eigenvalue weighted by atomic mass is 16.4. The first-order chi connectivity index (χ1) is 14.6. The van der Waals surface area contributed by atoms with Crippen LogP contribution in [0, 0.1) is 5.92 Å². The summed E-state index contributed by atoms with van der Waals surface area (Å²) in [5.74, 6) is -4.78. The summed E-state index contributed by atoms with van der Waals surface area (Å²) in [6.45, 7) is 3.46. The van der Waals surface area contributed by atoms with Gasteiger partial charge in [-0.15, -0.1) is 0 Å². The molecule has 0 radical (unpaired) electrons. The largest absolute Gasteiger partial charge is 0.481 e. The minimum atomic E-state index is -1.21. The summed E-state index contributed by atoms with van der Waals surface area (Å²) in [5.41, 5.74) is 10.7. The van der Waals surface area contributed by atoms with Crippen molar-refractivity contribution >= 4 is 29.7 Å². The zero-order valence-electron chi connectivity index (χ0n) is 18.1. The standard InChI is InChI=1S/C19H35N5O7/c1-3-11(2)16(19(30)31)24-18(29)12(6-4-5-9-20)23-17(28)13(7-8-15(26)27)22-14(25)10-21/h11-13,16H,3-10,20-21H2,1-2H3,(H,22,25)(H,23,28)(H,24,29)(H,26,27)(H,30,31). The van der Waals surface area contributed by atoms with Gasteiger partial charge in [-0.3, -0.25) is 19.2 Å². The van der Waals surface area contributed by atoms with Gasteiger partial charge in [-0.05, 0) is 38.1 Å². The van der Waals surface area contributed by atoms with Crippen molar-refractivity contribution in [3.63, 3.8) is 0 Å². The molecule has 0 rings (SSSR count). The van der Waals surface area contributed by atoms with Gasteiger partial charge in [0.2, 0.25) is 17.7 Å². The molecule has 3 amide bonds. The van der Waals surface area contributed by atoms with Gasteiger partial charge in [0.25, 0.3) is 0 Å². The Labute approximate surface area is 181 Å². The van der Waals surface area contributed by atoms with E-state index in [-0.39, 0.29) is 25.2 Å². The first-order valence-corrected chi connectivity index (χ1v) is 10.3. The van der Waals surface area contributed by atoms with Gasteiger partial charge in [0.05, 0.1) is 6.54 Å². The van der Waals surface area contributed by atoms with Crippen LogP contribution >= 0.6 is 0 Å². The van der Waals surface area contributed by atoms with E-state index in [0.29, 0.717) is 25.8 Å². The van der Waals surface area contributed by atoms with Crippen LogP contribution in [0.15, 0.2) is 0 Å². The quantitative estimate of drug-likeness (QED) is 0.138. The van der Waals surface area contributed by atoms with E-state index in [1.165, 1.54) is 0 Å². The molecule has 0 heterocycles. The van der Waals surface area contributed by atoms with Crippen LogP contribution in [0.5, 0.6) is 0 Å². The van der Waals surface area contributed by atoms with Crippen molar-refractivity contribution in [1.29, 1.82) is 0 Å². The Kier molecular flexibility index (Phi) is 13.8. The number of carboxylic acids is 2. The molecule has 0 aromatic heterocycles. The SMILES string of the molecule is CCC(C)C(NC(=O)C(CCCCN)NC(=O)C(CCC(=O)O)NC(=O)CN)C(=O)O. The molecule has 0 aliphatic carbocycles. The number of carboxylic acid groups (broad SMARTS) is 2. The molecule has 0 aromatic rings. The summed E-state index contributed by atoms with van der Waals surface area (Å²) in [6.07, 6.45) is 1.20. The van der Waals surface area contributed by atoms with Crippen LogP contribution in [0.25, 0.3) is 0 Å². The highest BCUT2D eigenvalue weighted by Gasteiger charge is 2.31. The smallest absolute Gasteiger partial charge is 0.326 e. The summed E-state index contributed by atoms with van der Waals surface area (Å²) in [4.78, 5) is 59.4. The Morgan fingerprint density at radius 1 is 0.871 bits per heavy atom. The van der Waals surface area contributed by atoms with Crippen LogP contribution in [-0.4, -0.2) is 71.1 Å². The van der Waals surface area contributed by atoms with Gasteiger partial charge < -0.3 is 37.6 Å². The van der Waals surface area contributed by atoms with Gasteiger partial charge in [0, 0.05) is 6.42 Å².